The van der Waals surface area contributed by atoms with E-state index in [4.69, 9.17) is 4.74 Å². The van der Waals surface area contributed by atoms with Crippen LogP contribution in [0.3, 0.4) is 0 Å². The number of ether oxygens (including phenoxy) is 1. The van der Waals surface area contributed by atoms with Gasteiger partial charge in [0.25, 0.3) is 0 Å². The Bertz CT molecular complexity index is 1440. The first-order valence-corrected chi connectivity index (χ1v) is 12.2. The van der Waals surface area contributed by atoms with Crippen LogP contribution in [0.4, 0.5) is 23.0 Å². The molecule has 3 aromatic carbocycles. The molecule has 0 spiro atoms. The molecule has 0 aliphatic carbocycles. The van der Waals surface area contributed by atoms with Crippen LogP contribution in [0.25, 0.3) is 11.3 Å². The number of rotatable bonds is 4. The van der Waals surface area contributed by atoms with Gasteiger partial charge in [0.2, 0.25) is 5.69 Å². The van der Waals surface area contributed by atoms with E-state index >= 15 is 0 Å². The molecular weight excluding hydrogens is 489 g/mol. The number of halogens is 4. The standard InChI is InChI=1S/C31H28NO.BF4/c1-31(2)27-18-10-11-19-28(27)32(3)30(31)20-12-17-26-21-25(23-13-6-4-7-14-23)22-29(33-26)24-15-8-5-9-16-24;2-1(3,4)5/h4-22H,1-3H3;/q+1;-1/b20-12-,26-17-;. The number of fused-ring (bicyclic) bond motifs is 1. The van der Waals surface area contributed by atoms with Crippen LogP contribution in [0, 0.1) is 0 Å². The Hall–Kier alpha value is -4.13. The Kier molecular flexibility index (Phi) is 7.86. The average molecular weight is 517 g/mol. The molecule has 0 N–H and O–H groups in total. The van der Waals surface area contributed by atoms with E-state index in [0.29, 0.717) is 0 Å². The van der Waals surface area contributed by atoms with E-state index in [1.807, 2.05) is 24.3 Å². The predicted molar refractivity (Wildman–Crippen MR) is 148 cm³/mol. The van der Waals surface area contributed by atoms with E-state index in [1.54, 1.807) is 0 Å². The molecule has 0 radical (unpaired) electrons. The van der Waals surface area contributed by atoms with Gasteiger partial charge in [-0.15, -0.1) is 0 Å². The van der Waals surface area contributed by atoms with Gasteiger partial charge in [0.1, 0.15) is 18.6 Å². The van der Waals surface area contributed by atoms with Gasteiger partial charge in [-0.05, 0) is 43.2 Å². The van der Waals surface area contributed by atoms with Crippen LogP contribution < -0.4 is 0 Å². The lowest BCUT2D eigenvalue weighted by Gasteiger charge is -2.18. The molecule has 0 aromatic heterocycles. The van der Waals surface area contributed by atoms with Crippen molar-refractivity contribution in [2.24, 2.45) is 0 Å². The molecule has 5 rings (SSSR count). The minimum atomic E-state index is -6.00. The first-order chi connectivity index (χ1) is 18.0. The third-order valence-electron chi connectivity index (χ3n) is 6.43. The Balaban J connectivity index is 0.000000617. The fourth-order valence-corrected chi connectivity index (χ4v) is 4.68. The van der Waals surface area contributed by atoms with Crippen LogP contribution in [0.1, 0.15) is 30.5 Å². The molecule has 0 saturated carbocycles. The van der Waals surface area contributed by atoms with Crippen LogP contribution in [-0.2, 0) is 10.2 Å². The second kappa shape index (κ2) is 11.1. The highest BCUT2D eigenvalue weighted by Gasteiger charge is 2.42. The molecule has 0 unspecified atom stereocenters. The van der Waals surface area contributed by atoms with Crippen molar-refractivity contribution in [3.63, 3.8) is 0 Å². The topological polar surface area (TPSA) is 12.2 Å². The zero-order valence-corrected chi connectivity index (χ0v) is 21.4. The normalized spacial score (nSPS) is 17.4. The molecule has 194 valence electrons. The third kappa shape index (κ3) is 6.41. The summed E-state index contributed by atoms with van der Waals surface area (Å²) >= 11 is 0. The molecule has 0 bridgehead atoms. The maximum absolute atomic E-state index is 9.75. The Morgan fingerprint density at radius 1 is 0.763 bits per heavy atom. The van der Waals surface area contributed by atoms with Gasteiger partial charge in [-0.1, -0.05) is 84.9 Å². The number of hydrogen-bond acceptors (Lipinski definition) is 1. The van der Waals surface area contributed by atoms with Crippen LogP contribution >= 0.6 is 0 Å². The number of para-hydroxylation sites is 1. The molecule has 2 nitrogen and oxygen atoms in total. The SMILES string of the molecule is C[N+]1=C(/C=C\C=C2\C=C(c3ccccc3)C=C(c3ccccc3)O2)C(C)(C)c2ccccc21.F[B-](F)(F)F. The first kappa shape index (κ1) is 26.9. The summed E-state index contributed by atoms with van der Waals surface area (Å²) in [5.74, 6) is 1.68. The van der Waals surface area contributed by atoms with Gasteiger partial charge in [-0.3, -0.25) is 0 Å². The van der Waals surface area contributed by atoms with Crippen LogP contribution in [0.2, 0.25) is 0 Å². The summed E-state index contributed by atoms with van der Waals surface area (Å²) in [5, 5.41) is 0. The van der Waals surface area contributed by atoms with Gasteiger partial charge in [-0.2, -0.15) is 4.58 Å². The van der Waals surface area contributed by atoms with Crippen molar-refractivity contribution in [2.45, 2.75) is 19.3 Å². The number of allylic oxidation sites excluding steroid dienone is 6. The highest BCUT2D eigenvalue weighted by molar-refractivity contribution is 6.50. The van der Waals surface area contributed by atoms with E-state index in [9.17, 15) is 17.3 Å². The molecule has 3 aromatic rings. The fourth-order valence-electron chi connectivity index (χ4n) is 4.68. The van der Waals surface area contributed by atoms with Crippen molar-refractivity contribution >= 4 is 30.0 Å². The van der Waals surface area contributed by atoms with Crippen LogP contribution in [0.5, 0.6) is 0 Å². The quantitative estimate of drug-likeness (QED) is 0.192. The molecule has 0 atom stereocenters. The summed E-state index contributed by atoms with van der Waals surface area (Å²) in [4.78, 5) is 0. The summed E-state index contributed by atoms with van der Waals surface area (Å²) < 4.78 is 47.6. The Morgan fingerprint density at radius 3 is 1.92 bits per heavy atom. The third-order valence-corrected chi connectivity index (χ3v) is 6.43. The van der Waals surface area contributed by atoms with Crippen LogP contribution in [0.15, 0.2) is 121 Å². The summed E-state index contributed by atoms with van der Waals surface area (Å²) in [6.07, 6.45) is 10.6. The maximum Gasteiger partial charge on any atom is 0.673 e. The van der Waals surface area contributed by atoms with Crippen molar-refractivity contribution in [1.29, 1.82) is 0 Å². The molecular formula is C31H28BF4NO. The van der Waals surface area contributed by atoms with Crippen molar-refractivity contribution in [3.8, 4) is 0 Å². The number of nitrogens with zero attached hydrogens (tertiary/aromatic N) is 1. The molecule has 7 heteroatoms. The molecule has 38 heavy (non-hydrogen) atoms. The van der Waals surface area contributed by atoms with Crippen molar-refractivity contribution in [2.75, 3.05) is 7.05 Å². The lowest BCUT2D eigenvalue weighted by molar-refractivity contribution is -0.401. The minimum absolute atomic E-state index is 0.0477. The van der Waals surface area contributed by atoms with Gasteiger partial charge < -0.3 is 22.0 Å². The van der Waals surface area contributed by atoms with Crippen molar-refractivity contribution in [1.82, 2.24) is 0 Å². The largest absolute Gasteiger partial charge is 0.673 e. The maximum atomic E-state index is 9.75. The highest BCUT2D eigenvalue weighted by atomic mass is 19.5. The first-order valence-electron chi connectivity index (χ1n) is 12.2. The number of hydrogen-bond donors (Lipinski definition) is 0. The van der Waals surface area contributed by atoms with Gasteiger partial charge in [0.05, 0.1) is 5.41 Å². The van der Waals surface area contributed by atoms with Gasteiger partial charge in [0.15, 0.2) is 5.71 Å². The molecule has 0 saturated heterocycles. The smallest absolute Gasteiger partial charge is 0.457 e. The lowest BCUT2D eigenvalue weighted by Crippen LogP contribution is -2.26. The zero-order valence-electron chi connectivity index (χ0n) is 21.4. The monoisotopic (exact) mass is 517 g/mol. The van der Waals surface area contributed by atoms with E-state index in [2.05, 4.69) is 117 Å². The van der Waals surface area contributed by atoms with Gasteiger partial charge in [0, 0.05) is 23.3 Å². The fraction of sp³-hybridized carbons (Fsp3) is 0.129. The molecule has 2 aliphatic heterocycles. The molecule has 0 amide bonds. The predicted octanol–water partition coefficient (Wildman–Crippen LogP) is 8.59. The second-order valence-corrected chi connectivity index (χ2v) is 9.45. The number of benzene rings is 3. The summed E-state index contributed by atoms with van der Waals surface area (Å²) in [6.45, 7) is 4.56. The highest BCUT2D eigenvalue weighted by Crippen LogP contribution is 2.39. The van der Waals surface area contributed by atoms with Crippen molar-refractivity contribution in [3.05, 3.63) is 138 Å². The molecule has 2 heterocycles. The molecule has 2 aliphatic rings. The zero-order chi connectivity index (χ0) is 27.3. The summed E-state index contributed by atoms with van der Waals surface area (Å²) in [5.41, 5.74) is 7.22. The van der Waals surface area contributed by atoms with E-state index in [0.717, 1.165) is 22.7 Å². The molecule has 0 fully saturated rings. The lowest BCUT2D eigenvalue weighted by atomic mass is 9.81. The van der Waals surface area contributed by atoms with Gasteiger partial charge >= 0.3 is 7.25 Å². The second-order valence-electron chi connectivity index (χ2n) is 9.45. The van der Waals surface area contributed by atoms with E-state index in [1.165, 1.54) is 22.5 Å². The average Bonchev–Trinajstić information content (AvgIpc) is 3.09. The summed E-state index contributed by atoms with van der Waals surface area (Å²) in [6, 6.07) is 29.3. The van der Waals surface area contributed by atoms with E-state index < -0.39 is 7.25 Å². The van der Waals surface area contributed by atoms with Crippen LogP contribution in [-0.4, -0.2) is 24.6 Å². The summed E-state index contributed by atoms with van der Waals surface area (Å²) in [7, 11) is -3.86. The van der Waals surface area contributed by atoms with Crippen molar-refractivity contribution < 1.29 is 26.6 Å². The van der Waals surface area contributed by atoms with Gasteiger partial charge in [-0.25, -0.2) is 0 Å². The Labute approximate surface area is 220 Å². The Morgan fingerprint density at radius 2 is 1.32 bits per heavy atom. The minimum Gasteiger partial charge on any atom is -0.457 e. The van der Waals surface area contributed by atoms with E-state index in [-0.39, 0.29) is 5.41 Å².